The molecule has 414 valence electrons. The lowest BCUT2D eigenvalue weighted by atomic mass is 9.44. The van der Waals surface area contributed by atoms with Crippen LogP contribution >= 0.6 is 0 Å². The van der Waals surface area contributed by atoms with E-state index in [1.54, 1.807) is 0 Å². The minimum Gasteiger partial charge on any atom is -0.394 e. The molecule has 6 heterocycles. The summed E-state index contributed by atoms with van der Waals surface area (Å²) in [5, 5.41) is 129. The lowest BCUT2D eigenvalue weighted by molar-refractivity contribution is -0.399. The van der Waals surface area contributed by atoms with Crippen molar-refractivity contribution in [1.29, 1.82) is 0 Å². The van der Waals surface area contributed by atoms with Crippen LogP contribution in [0, 0.1) is 52.3 Å². The fourth-order valence-corrected chi connectivity index (χ4v) is 15.9. The highest BCUT2D eigenvalue weighted by atomic mass is 16.8. The molecule has 22 heteroatoms. The first-order valence-electron chi connectivity index (χ1n) is 26.7. The van der Waals surface area contributed by atoms with Crippen molar-refractivity contribution in [3.05, 3.63) is 0 Å². The zero-order valence-electron chi connectivity index (χ0n) is 41.8. The summed E-state index contributed by atoms with van der Waals surface area (Å²) in [6.07, 6.45) is -19.6. The van der Waals surface area contributed by atoms with Crippen molar-refractivity contribution in [2.24, 2.45) is 52.3 Å². The van der Waals surface area contributed by atoms with E-state index in [1.807, 2.05) is 0 Å². The molecule has 0 bridgehead atoms. The minimum atomic E-state index is -2.09. The van der Waals surface area contributed by atoms with Gasteiger partial charge in [0.25, 0.3) is 0 Å². The van der Waals surface area contributed by atoms with Gasteiger partial charge in [0.05, 0.1) is 51.8 Å². The molecule has 12 N–H and O–H groups in total. The van der Waals surface area contributed by atoms with Gasteiger partial charge in [-0.3, -0.25) is 0 Å². The molecule has 72 heavy (non-hydrogen) atoms. The first-order chi connectivity index (χ1) is 34.2. The van der Waals surface area contributed by atoms with Crippen molar-refractivity contribution in [3.8, 4) is 0 Å². The molecule has 1 spiro atoms. The minimum absolute atomic E-state index is 0.0232. The molecule has 4 saturated carbocycles. The predicted octanol–water partition coefficient (Wildman–Crippen LogP) is -2.27. The number of fused-ring (bicyclic) bond motifs is 7. The van der Waals surface area contributed by atoms with Crippen molar-refractivity contribution in [1.82, 2.24) is 0 Å². The molecule has 4 aliphatic carbocycles. The van der Waals surface area contributed by atoms with Crippen LogP contribution in [0.25, 0.3) is 0 Å². The van der Waals surface area contributed by atoms with E-state index in [-0.39, 0.29) is 22.9 Å². The van der Waals surface area contributed by atoms with Crippen LogP contribution in [-0.2, 0) is 47.4 Å². The Kier molecular flexibility index (Phi) is 15.7. The molecule has 0 radical (unpaired) electrons. The average molecular weight is 1040 g/mol. The van der Waals surface area contributed by atoms with Gasteiger partial charge in [0, 0.05) is 12.3 Å². The Bertz CT molecular complexity index is 1840. The zero-order valence-corrected chi connectivity index (χ0v) is 41.8. The number of hydrogen-bond acceptors (Lipinski definition) is 22. The van der Waals surface area contributed by atoms with Crippen molar-refractivity contribution in [2.45, 2.75) is 220 Å². The van der Waals surface area contributed by atoms with E-state index in [0.717, 1.165) is 58.0 Å². The predicted molar refractivity (Wildman–Crippen MR) is 242 cm³/mol. The number of aliphatic hydroxyl groups is 12. The molecule has 0 aromatic carbocycles. The molecule has 6 saturated heterocycles. The lowest BCUT2D eigenvalue weighted by Crippen LogP contribution is -2.68. The number of ether oxygens (including phenoxy) is 10. The van der Waals surface area contributed by atoms with Crippen LogP contribution in [-0.4, -0.2) is 229 Å². The third kappa shape index (κ3) is 9.06. The standard InChI is InChI=1S/C50H82O22/c1-21-7-12-50(64-18-21)22(2)32-28(72-50)14-27-25-6-5-23-13-24(8-10-47(23,3)26(25)9-11-48(27,32)4)65-45-41(71-43-37(59)35(57)33(55)29(15-51)66-43)40(34(56)30(16-52)67-45)70-44-38(60)36(58)39(31(17-53)68-44)69-46-42(61)49(62,19-54)20-63-46/h21-46,51-62H,5-20H2,1-4H3. The molecule has 0 aromatic rings. The van der Waals surface area contributed by atoms with Gasteiger partial charge in [0.15, 0.2) is 30.9 Å². The maximum Gasteiger partial charge on any atom is 0.187 e. The largest absolute Gasteiger partial charge is 0.394 e. The molecule has 22 nitrogen and oxygen atoms in total. The Hall–Kier alpha value is -0.880. The van der Waals surface area contributed by atoms with Crippen LogP contribution < -0.4 is 0 Å². The van der Waals surface area contributed by atoms with Crippen LogP contribution in [0.3, 0.4) is 0 Å². The van der Waals surface area contributed by atoms with Crippen LogP contribution in [0.5, 0.6) is 0 Å². The van der Waals surface area contributed by atoms with E-state index >= 15 is 0 Å². The topological polar surface area (TPSA) is 335 Å². The van der Waals surface area contributed by atoms with E-state index in [9.17, 15) is 61.3 Å². The number of hydrogen-bond donors (Lipinski definition) is 12. The maximum atomic E-state index is 11.8. The summed E-state index contributed by atoms with van der Waals surface area (Å²) in [6, 6.07) is 0. The van der Waals surface area contributed by atoms with Gasteiger partial charge in [-0.15, -0.1) is 0 Å². The molecule has 6 aliphatic heterocycles. The molecule has 30 atom stereocenters. The van der Waals surface area contributed by atoms with Crippen LogP contribution in [0.15, 0.2) is 0 Å². The van der Waals surface area contributed by atoms with Gasteiger partial charge in [0.2, 0.25) is 0 Å². The first-order valence-corrected chi connectivity index (χ1v) is 26.7. The molecule has 10 rings (SSSR count). The van der Waals surface area contributed by atoms with Gasteiger partial charge in [-0.2, -0.15) is 0 Å². The van der Waals surface area contributed by atoms with E-state index in [2.05, 4.69) is 27.7 Å². The highest BCUT2D eigenvalue weighted by Gasteiger charge is 2.69. The summed E-state index contributed by atoms with van der Waals surface area (Å²) in [4.78, 5) is 0. The Labute approximate surface area is 419 Å². The highest BCUT2D eigenvalue weighted by molar-refractivity contribution is 5.16. The summed E-state index contributed by atoms with van der Waals surface area (Å²) < 4.78 is 61.9. The van der Waals surface area contributed by atoms with Crippen LogP contribution in [0.1, 0.15) is 91.9 Å². The zero-order chi connectivity index (χ0) is 51.4. The lowest BCUT2D eigenvalue weighted by Gasteiger charge is -2.61. The monoisotopic (exact) mass is 1030 g/mol. The highest BCUT2D eigenvalue weighted by Crippen LogP contribution is 2.71. The van der Waals surface area contributed by atoms with Crippen molar-refractivity contribution in [2.75, 3.05) is 39.6 Å². The molecule has 0 amide bonds. The summed E-state index contributed by atoms with van der Waals surface area (Å²) in [5.41, 5.74) is -1.90. The summed E-state index contributed by atoms with van der Waals surface area (Å²) in [5.74, 6) is 2.76. The molecule has 0 aromatic heterocycles. The molecule has 10 fully saturated rings. The summed E-state index contributed by atoms with van der Waals surface area (Å²) in [7, 11) is 0. The van der Waals surface area contributed by atoms with Crippen molar-refractivity contribution >= 4 is 0 Å². The SMILES string of the molecule is CC1CCC2(OC1)OC1CC3C4CCC5CC(OC6OC(CO)C(O)C(OC7OC(CO)C(OC8OCC(O)(CO)C8O)C(O)C7O)C6OC6OC(CO)C(O)C(O)C6O)CCC5(C)C4CCC3(C)C1C2C. The fourth-order valence-electron chi connectivity index (χ4n) is 15.9. The van der Waals surface area contributed by atoms with Crippen molar-refractivity contribution in [3.63, 3.8) is 0 Å². The Morgan fingerprint density at radius 3 is 1.88 bits per heavy atom. The van der Waals surface area contributed by atoms with Crippen LogP contribution in [0.2, 0.25) is 0 Å². The summed E-state index contributed by atoms with van der Waals surface area (Å²) >= 11 is 0. The van der Waals surface area contributed by atoms with Gasteiger partial charge in [0.1, 0.15) is 85.0 Å². The molecular weight excluding hydrogens is 953 g/mol. The second kappa shape index (κ2) is 20.7. The van der Waals surface area contributed by atoms with Crippen molar-refractivity contribution < 1.29 is 109 Å². The Balaban J connectivity index is 0.859. The maximum absolute atomic E-state index is 11.8. The van der Waals surface area contributed by atoms with Crippen LogP contribution in [0.4, 0.5) is 0 Å². The molecule has 30 unspecified atom stereocenters. The van der Waals surface area contributed by atoms with Gasteiger partial charge >= 0.3 is 0 Å². The second-order valence-electron chi connectivity index (χ2n) is 24.0. The fraction of sp³-hybridized carbons (Fsp3) is 1.00. The molecular formula is C50H82O22. The van der Waals surface area contributed by atoms with E-state index in [0.29, 0.717) is 48.3 Å². The quantitative estimate of drug-likeness (QED) is 0.0918. The average Bonchev–Trinajstić information content (AvgIpc) is 3.94. The Morgan fingerprint density at radius 2 is 1.21 bits per heavy atom. The van der Waals surface area contributed by atoms with Gasteiger partial charge < -0.3 is 109 Å². The van der Waals surface area contributed by atoms with E-state index in [4.69, 9.17) is 47.4 Å². The Morgan fingerprint density at radius 1 is 0.569 bits per heavy atom. The smallest absolute Gasteiger partial charge is 0.187 e. The third-order valence-corrected chi connectivity index (χ3v) is 20.1. The number of aliphatic hydroxyl groups excluding tert-OH is 11. The van der Waals surface area contributed by atoms with Gasteiger partial charge in [-0.1, -0.05) is 27.7 Å². The normalized spacial score (nSPS) is 57.7. The summed E-state index contributed by atoms with van der Waals surface area (Å²) in [6.45, 7) is 6.54. The second-order valence-corrected chi connectivity index (χ2v) is 24.0. The first kappa shape index (κ1) is 54.5. The number of rotatable bonds is 12. The van der Waals surface area contributed by atoms with Gasteiger partial charge in [-0.25, -0.2) is 0 Å². The third-order valence-electron chi connectivity index (χ3n) is 20.1. The van der Waals surface area contributed by atoms with Gasteiger partial charge in [-0.05, 0) is 104 Å². The van der Waals surface area contributed by atoms with E-state index < -0.39 is 155 Å². The molecule has 10 aliphatic rings. The van der Waals surface area contributed by atoms with E-state index in [1.165, 1.54) is 0 Å².